The lowest BCUT2D eigenvalue weighted by Crippen LogP contribution is -2.30. The van der Waals surface area contributed by atoms with Crippen LogP contribution in [0, 0.1) is 13.8 Å². The van der Waals surface area contributed by atoms with E-state index in [-0.39, 0.29) is 12.5 Å². The number of anilines is 1. The fourth-order valence-corrected chi connectivity index (χ4v) is 3.48. The van der Waals surface area contributed by atoms with Gasteiger partial charge in [0.15, 0.2) is 0 Å². The zero-order valence-electron chi connectivity index (χ0n) is 15.3. The molecule has 0 saturated heterocycles. The number of hydrogen-bond acceptors (Lipinski definition) is 3. The summed E-state index contributed by atoms with van der Waals surface area (Å²) < 4.78 is 26.1. The normalized spacial score (nSPS) is 11.2. The minimum atomic E-state index is -3.44. The lowest BCUT2D eigenvalue weighted by molar-refractivity contribution is 0.0827. The summed E-state index contributed by atoms with van der Waals surface area (Å²) in [6, 6.07) is 12.8. The second-order valence-corrected chi connectivity index (χ2v) is 8.36. The van der Waals surface area contributed by atoms with E-state index in [0.717, 1.165) is 16.7 Å². The van der Waals surface area contributed by atoms with E-state index >= 15 is 0 Å². The number of benzene rings is 2. The minimum Gasteiger partial charge on any atom is -0.345 e. The van der Waals surface area contributed by atoms with Gasteiger partial charge in [0.2, 0.25) is 10.0 Å². The number of sulfonamides is 1. The first-order chi connectivity index (χ1) is 11.6. The molecule has 0 aliphatic heterocycles. The molecule has 0 radical (unpaired) electrons. The molecule has 0 aliphatic rings. The van der Waals surface area contributed by atoms with E-state index in [1.807, 2.05) is 32.0 Å². The Morgan fingerprint density at radius 2 is 1.60 bits per heavy atom. The van der Waals surface area contributed by atoms with Gasteiger partial charge in [-0.05, 0) is 48.7 Å². The number of hydrogen-bond donors (Lipinski definition) is 0. The molecule has 0 aromatic heterocycles. The molecule has 0 fully saturated rings. The third kappa shape index (κ3) is 4.60. The summed E-state index contributed by atoms with van der Waals surface area (Å²) in [7, 11) is -0.0440. The highest BCUT2D eigenvalue weighted by Crippen LogP contribution is 2.26. The highest BCUT2D eigenvalue weighted by atomic mass is 32.2. The van der Waals surface area contributed by atoms with Crippen LogP contribution in [0.3, 0.4) is 0 Å². The minimum absolute atomic E-state index is 0.0824. The summed E-state index contributed by atoms with van der Waals surface area (Å²) in [5.41, 5.74) is 3.97. The molecular formula is C19H24N2O3S. The topological polar surface area (TPSA) is 57.7 Å². The molecule has 2 aromatic carbocycles. The van der Waals surface area contributed by atoms with Gasteiger partial charge >= 0.3 is 0 Å². The number of carbonyl (C=O) groups is 1. The Balaban J connectivity index is 2.36. The van der Waals surface area contributed by atoms with Crippen molar-refractivity contribution in [1.82, 2.24) is 4.90 Å². The molecule has 0 heterocycles. The van der Waals surface area contributed by atoms with Gasteiger partial charge in [-0.15, -0.1) is 0 Å². The molecule has 2 rings (SSSR count). The van der Waals surface area contributed by atoms with Crippen LogP contribution >= 0.6 is 0 Å². The van der Waals surface area contributed by atoms with Crippen molar-refractivity contribution in [2.24, 2.45) is 0 Å². The second-order valence-electron chi connectivity index (χ2n) is 6.46. The van der Waals surface area contributed by atoms with Crippen LogP contribution in [-0.2, 0) is 16.6 Å². The number of nitrogens with zero attached hydrogens (tertiary/aromatic N) is 2. The van der Waals surface area contributed by atoms with E-state index in [1.54, 1.807) is 38.4 Å². The zero-order chi connectivity index (χ0) is 18.8. The van der Waals surface area contributed by atoms with Crippen molar-refractivity contribution in [1.29, 1.82) is 0 Å². The van der Waals surface area contributed by atoms with Gasteiger partial charge in [-0.3, -0.25) is 9.10 Å². The fourth-order valence-electron chi connectivity index (χ4n) is 2.55. The molecule has 1 amide bonds. The molecule has 0 aliphatic carbocycles. The van der Waals surface area contributed by atoms with Gasteiger partial charge in [-0.1, -0.05) is 24.3 Å². The SMILES string of the molecule is Cc1ccc(C)c(N(Cc2ccc(C(=O)N(C)C)cc2)S(C)(=O)=O)c1. The van der Waals surface area contributed by atoms with Crippen LogP contribution in [0.25, 0.3) is 0 Å². The van der Waals surface area contributed by atoms with Crippen molar-refractivity contribution in [3.05, 3.63) is 64.7 Å². The van der Waals surface area contributed by atoms with Crippen molar-refractivity contribution in [3.8, 4) is 0 Å². The second kappa shape index (κ2) is 7.27. The van der Waals surface area contributed by atoms with Crippen LogP contribution in [0.15, 0.2) is 42.5 Å². The van der Waals surface area contributed by atoms with E-state index in [1.165, 1.54) is 15.5 Å². The molecule has 0 saturated carbocycles. The highest BCUT2D eigenvalue weighted by molar-refractivity contribution is 7.92. The largest absolute Gasteiger partial charge is 0.345 e. The van der Waals surface area contributed by atoms with Crippen LogP contribution in [0.2, 0.25) is 0 Å². The van der Waals surface area contributed by atoms with E-state index in [2.05, 4.69) is 0 Å². The van der Waals surface area contributed by atoms with E-state index in [4.69, 9.17) is 0 Å². The summed E-state index contributed by atoms with van der Waals surface area (Å²) in [6.45, 7) is 4.05. The fraction of sp³-hybridized carbons (Fsp3) is 0.316. The average molecular weight is 360 g/mol. The predicted molar refractivity (Wildman–Crippen MR) is 101 cm³/mol. The lowest BCUT2D eigenvalue weighted by atomic mass is 10.1. The van der Waals surface area contributed by atoms with Gasteiger partial charge in [0, 0.05) is 19.7 Å². The van der Waals surface area contributed by atoms with E-state index in [0.29, 0.717) is 11.3 Å². The van der Waals surface area contributed by atoms with Gasteiger partial charge in [-0.25, -0.2) is 8.42 Å². The first-order valence-electron chi connectivity index (χ1n) is 7.95. The lowest BCUT2D eigenvalue weighted by Gasteiger charge is -2.25. The van der Waals surface area contributed by atoms with Crippen LogP contribution in [0.1, 0.15) is 27.0 Å². The zero-order valence-corrected chi connectivity index (χ0v) is 16.1. The van der Waals surface area contributed by atoms with Gasteiger partial charge in [0.1, 0.15) is 0 Å². The van der Waals surface area contributed by atoms with E-state index < -0.39 is 10.0 Å². The average Bonchev–Trinajstić information content (AvgIpc) is 2.54. The standard InChI is InChI=1S/C19H24N2O3S/c1-14-6-7-15(2)18(12-14)21(25(5,23)24)13-16-8-10-17(11-9-16)19(22)20(3)4/h6-12H,13H2,1-5H3. The van der Waals surface area contributed by atoms with Gasteiger partial charge in [0.25, 0.3) is 5.91 Å². The van der Waals surface area contributed by atoms with Crippen LogP contribution in [0.4, 0.5) is 5.69 Å². The molecule has 0 atom stereocenters. The van der Waals surface area contributed by atoms with Crippen molar-refractivity contribution in [2.45, 2.75) is 20.4 Å². The Hall–Kier alpha value is -2.34. The number of aryl methyl sites for hydroxylation is 2. The Kier molecular flexibility index (Phi) is 5.52. The van der Waals surface area contributed by atoms with Crippen molar-refractivity contribution in [3.63, 3.8) is 0 Å². The summed E-state index contributed by atoms with van der Waals surface area (Å²) in [4.78, 5) is 13.5. The van der Waals surface area contributed by atoms with E-state index in [9.17, 15) is 13.2 Å². The number of carbonyl (C=O) groups excluding carboxylic acids is 1. The first-order valence-corrected chi connectivity index (χ1v) is 9.80. The molecule has 0 spiro atoms. The molecular weight excluding hydrogens is 336 g/mol. The third-order valence-electron chi connectivity index (χ3n) is 3.97. The Bertz CT molecular complexity index is 872. The Morgan fingerprint density at radius 1 is 1.00 bits per heavy atom. The molecule has 0 unspecified atom stereocenters. The first kappa shape index (κ1) is 19.0. The molecule has 5 nitrogen and oxygen atoms in total. The van der Waals surface area contributed by atoms with Crippen molar-refractivity contribution in [2.75, 3.05) is 24.7 Å². The smallest absolute Gasteiger partial charge is 0.253 e. The number of amides is 1. The van der Waals surface area contributed by atoms with Crippen LogP contribution in [0.5, 0.6) is 0 Å². The highest BCUT2D eigenvalue weighted by Gasteiger charge is 2.20. The summed E-state index contributed by atoms with van der Waals surface area (Å²) in [5.74, 6) is -0.0824. The molecule has 0 N–H and O–H groups in total. The van der Waals surface area contributed by atoms with Gasteiger partial charge in [0.05, 0.1) is 18.5 Å². The Labute approximate surface area is 149 Å². The maximum Gasteiger partial charge on any atom is 0.253 e. The van der Waals surface area contributed by atoms with Gasteiger partial charge in [-0.2, -0.15) is 0 Å². The molecule has 2 aromatic rings. The van der Waals surface area contributed by atoms with Gasteiger partial charge < -0.3 is 4.90 Å². The monoisotopic (exact) mass is 360 g/mol. The van der Waals surface area contributed by atoms with Crippen LogP contribution in [-0.4, -0.2) is 39.6 Å². The maximum absolute atomic E-state index is 12.3. The third-order valence-corrected chi connectivity index (χ3v) is 5.09. The number of rotatable bonds is 5. The molecule has 134 valence electrons. The molecule has 25 heavy (non-hydrogen) atoms. The molecule has 6 heteroatoms. The van der Waals surface area contributed by atoms with Crippen LogP contribution < -0.4 is 4.31 Å². The molecule has 0 bridgehead atoms. The quantitative estimate of drug-likeness (QED) is 0.824. The van der Waals surface area contributed by atoms with Crippen molar-refractivity contribution < 1.29 is 13.2 Å². The summed E-state index contributed by atoms with van der Waals surface area (Å²) in [6.07, 6.45) is 1.21. The Morgan fingerprint density at radius 3 is 2.12 bits per heavy atom. The summed E-state index contributed by atoms with van der Waals surface area (Å²) in [5, 5.41) is 0. The van der Waals surface area contributed by atoms with Crippen molar-refractivity contribution >= 4 is 21.6 Å². The predicted octanol–water partition coefficient (Wildman–Crippen LogP) is 2.97. The summed E-state index contributed by atoms with van der Waals surface area (Å²) >= 11 is 0. The maximum atomic E-state index is 12.3.